The predicted octanol–water partition coefficient (Wildman–Crippen LogP) is 3.51. The van der Waals surface area contributed by atoms with E-state index >= 15 is 0 Å². The molecule has 0 bridgehead atoms. The van der Waals surface area contributed by atoms with E-state index < -0.39 is 28.0 Å². The van der Waals surface area contributed by atoms with Gasteiger partial charge < -0.3 is 10.1 Å². The zero-order chi connectivity index (χ0) is 20.9. The third-order valence-electron chi connectivity index (χ3n) is 3.80. The highest BCUT2D eigenvalue weighted by Crippen LogP contribution is 2.24. The summed E-state index contributed by atoms with van der Waals surface area (Å²) in [5, 5.41) is 2.46. The van der Waals surface area contributed by atoms with E-state index in [2.05, 4.69) is 14.8 Å². The first-order chi connectivity index (χ1) is 13.0. The molecule has 2 aromatic rings. The average molecular weight is 416 g/mol. The molecule has 6 nitrogen and oxygen atoms in total. The lowest BCUT2D eigenvalue weighted by molar-refractivity contribution is -0.274. The first kappa shape index (κ1) is 21.7. The molecule has 2 rings (SSSR count). The maximum Gasteiger partial charge on any atom is 0.573 e. The van der Waals surface area contributed by atoms with Crippen LogP contribution in [0.4, 0.5) is 18.9 Å². The fourth-order valence-corrected chi connectivity index (χ4v) is 3.34. The molecule has 28 heavy (non-hydrogen) atoms. The minimum atomic E-state index is -4.79. The monoisotopic (exact) mass is 416 g/mol. The summed E-state index contributed by atoms with van der Waals surface area (Å²) in [6.45, 7) is 3.54. The summed E-state index contributed by atoms with van der Waals surface area (Å²) in [4.78, 5) is 12.0. The van der Waals surface area contributed by atoms with E-state index in [4.69, 9.17) is 0 Å². The number of hydrogen-bond acceptors (Lipinski definition) is 4. The lowest BCUT2D eigenvalue weighted by Crippen LogP contribution is -2.28. The largest absolute Gasteiger partial charge is 0.573 e. The van der Waals surface area contributed by atoms with E-state index in [1.165, 1.54) is 18.2 Å². The van der Waals surface area contributed by atoms with E-state index in [0.717, 1.165) is 23.3 Å². The second kappa shape index (κ2) is 8.61. The van der Waals surface area contributed by atoms with Crippen LogP contribution in [0, 0.1) is 13.8 Å². The summed E-state index contributed by atoms with van der Waals surface area (Å²) in [7, 11) is -3.74. The Morgan fingerprint density at radius 2 is 1.68 bits per heavy atom. The molecular weight excluding hydrogens is 397 g/mol. The van der Waals surface area contributed by atoms with Gasteiger partial charge in [0.05, 0.1) is 4.90 Å². The summed E-state index contributed by atoms with van der Waals surface area (Å²) in [6.07, 6.45) is -4.94. The van der Waals surface area contributed by atoms with Crippen molar-refractivity contribution in [3.8, 4) is 5.75 Å². The number of carbonyl (C=O) groups is 1. The molecule has 0 fully saturated rings. The molecule has 10 heteroatoms. The highest BCUT2D eigenvalue weighted by Gasteiger charge is 2.30. The summed E-state index contributed by atoms with van der Waals surface area (Å²) >= 11 is 0. The van der Waals surface area contributed by atoms with Crippen molar-refractivity contribution < 1.29 is 31.1 Å². The quantitative estimate of drug-likeness (QED) is 0.724. The second-order valence-corrected chi connectivity index (χ2v) is 7.78. The Balaban J connectivity index is 1.86. The van der Waals surface area contributed by atoms with Crippen LogP contribution in [-0.4, -0.2) is 27.2 Å². The Hall–Kier alpha value is -2.59. The standard InChI is InChI=1S/C18H19F3N2O4S/c1-12-3-8-16(11-13(12)2)28(25,26)22-10-9-17(24)23-14-4-6-15(7-5-14)27-18(19,20)21/h3-8,11,22H,9-10H2,1-2H3,(H,23,24). The maximum absolute atomic E-state index is 12.2. The van der Waals surface area contributed by atoms with Crippen LogP contribution in [-0.2, 0) is 14.8 Å². The number of aryl methyl sites for hydroxylation is 2. The number of sulfonamides is 1. The Bertz CT molecular complexity index is 942. The number of amides is 1. The zero-order valence-electron chi connectivity index (χ0n) is 15.1. The van der Waals surface area contributed by atoms with Gasteiger partial charge in [0.25, 0.3) is 0 Å². The number of halogens is 3. The summed E-state index contributed by atoms with van der Waals surface area (Å²) in [5.41, 5.74) is 2.06. The molecule has 0 saturated carbocycles. The Morgan fingerprint density at radius 1 is 1.04 bits per heavy atom. The third-order valence-corrected chi connectivity index (χ3v) is 5.26. The summed E-state index contributed by atoms with van der Waals surface area (Å²) in [6, 6.07) is 9.34. The topological polar surface area (TPSA) is 84.5 Å². The molecule has 0 aliphatic carbocycles. The van der Waals surface area contributed by atoms with Crippen molar-refractivity contribution in [2.45, 2.75) is 31.5 Å². The summed E-state index contributed by atoms with van der Waals surface area (Å²) in [5.74, 6) is -0.904. The molecule has 0 aromatic heterocycles. The fraction of sp³-hybridized carbons (Fsp3) is 0.278. The number of hydrogen-bond donors (Lipinski definition) is 2. The molecule has 1 amide bonds. The number of rotatable bonds is 7. The van der Waals surface area contributed by atoms with Crippen molar-refractivity contribution in [1.82, 2.24) is 4.72 Å². The van der Waals surface area contributed by atoms with Gasteiger partial charge in [0.15, 0.2) is 0 Å². The minimum Gasteiger partial charge on any atom is -0.406 e. The van der Waals surface area contributed by atoms with E-state index in [1.54, 1.807) is 19.1 Å². The number of nitrogens with one attached hydrogen (secondary N) is 2. The number of alkyl halides is 3. The van der Waals surface area contributed by atoms with Crippen LogP contribution < -0.4 is 14.8 Å². The van der Waals surface area contributed by atoms with Crippen molar-refractivity contribution >= 4 is 21.6 Å². The molecular formula is C18H19F3N2O4S. The molecule has 0 unspecified atom stereocenters. The molecule has 0 aliphatic heterocycles. The lowest BCUT2D eigenvalue weighted by atomic mass is 10.1. The molecule has 2 N–H and O–H groups in total. The van der Waals surface area contributed by atoms with Gasteiger partial charge in [-0.15, -0.1) is 13.2 Å². The lowest BCUT2D eigenvalue weighted by Gasteiger charge is -2.10. The van der Waals surface area contributed by atoms with E-state index in [1.807, 2.05) is 6.92 Å². The van der Waals surface area contributed by atoms with Crippen LogP contribution in [0.25, 0.3) is 0 Å². The van der Waals surface area contributed by atoms with Crippen LogP contribution in [0.3, 0.4) is 0 Å². The van der Waals surface area contributed by atoms with Crippen molar-refractivity contribution in [2.24, 2.45) is 0 Å². The smallest absolute Gasteiger partial charge is 0.406 e. The van der Waals surface area contributed by atoms with Crippen molar-refractivity contribution in [2.75, 3.05) is 11.9 Å². The van der Waals surface area contributed by atoms with Crippen LogP contribution >= 0.6 is 0 Å². The molecule has 0 radical (unpaired) electrons. The highest BCUT2D eigenvalue weighted by molar-refractivity contribution is 7.89. The molecule has 0 aliphatic rings. The van der Waals surface area contributed by atoms with Crippen molar-refractivity contribution in [3.05, 3.63) is 53.6 Å². The van der Waals surface area contributed by atoms with Crippen LogP contribution in [0.5, 0.6) is 5.75 Å². The van der Waals surface area contributed by atoms with E-state index in [9.17, 15) is 26.4 Å². The molecule has 0 atom stereocenters. The van der Waals surface area contributed by atoms with Crippen LogP contribution in [0.1, 0.15) is 17.5 Å². The molecule has 2 aromatic carbocycles. The van der Waals surface area contributed by atoms with Gasteiger partial charge in [-0.3, -0.25) is 4.79 Å². The number of anilines is 1. The highest BCUT2D eigenvalue weighted by atomic mass is 32.2. The normalized spacial score (nSPS) is 11.9. The third kappa shape index (κ3) is 6.54. The van der Waals surface area contributed by atoms with Gasteiger partial charge in [0.1, 0.15) is 5.75 Å². The van der Waals surface area contributed by atoms with Gasteiger partial charge in [0.2, 0.25) is 15.9 Å². The predicted molar refractivity (Wildman–Crippen MR) is 97.5 cm³/mol. The van der Waals surface area contributed by atoms with Gasteiger partial charge in [-0.25, -0.2) is 13.1 Å². The van der Waals surface area contributed by atoms with Crippen molar-refractivity contribution in [3.63, 3.8) is 0 Å². The average Bonchev–Trinajstić information content (AvgIpc) is 2.57. The van der Waals surface area contributed by atoms with Crippen LogP contribution in [0.2, 0.25) is 0 Å². The van der Waals surface area contributed by atoms with Gasteiger partial charge in [0, 0.05) is 18.7 Å². The molecule has 0 heterocycles. The van der Waals surface area contributed by atoms with Gasteiger partial charge >= 0.3 is 6.36 Å². The van der Waals surface area contributed by atoms with E-state index in [-0.39, 0.29) is 23.5 Å². The van der Waals surface area contributed by atoms with E-state index in [0.29, 0.717) is 0 Å². The van der Waals surface area contributed by atoms with Gasteiger partial charge in [-0.1, -0.05) is 6.07 Å². The number of ether oxygens (including phenoxy) is 1. The molecule has 152 valence electrons. The Morgan fingerprint density at radius 3 is 2.25 bits per heavy atom. The maximum atomic E-state index is 12.2. The Labute approximate surface area is 160 Å². The first-order valence-corrected chi connectivity index (χ1v) is 9.67. The first-order valence-electron chi connectivity index (χ1n) is 8.19. The number of benzene rings is 2. The SMILES string of the molecule is Cc1ccc(S(=O)(=O)NCCC(=O)Nc2ccc(OC(F)(F)F)cc2)cc1C. The Kier molecular flexibility index (Phi) is 6.68. The van der Waals surface area contributed by atoms with Gasteiger partial charge in [-0.05, 0) is 61.4 Å². The van der Waals surface area contributed by atoms with Crippen molar-refractivity contribution in [1.29, 1.82) is 0 Å². The minimum absolute atomic E-state index is 0.108. The van der Waals surface area contributed by atoms with Crippen LogP contribution in [0.15, 0.2) is 47.4 Å². The zero-order valence-corrected chi connectivity index (χ0v) is 15.9. The molecule has 0 saturated heterocycles. The molecule has 0 spiro atoms. The number of carbonyl (C=O) groups excluding carboxylic acids is 1. The second-order valence-electron chi connectivity index (χ2n) is 6.01. The van der Waals surface area contributed by atoms with Gasteiger partial charge in [-0.2, -0.15) is 0 Å². The fourth-order valence-electron chi connectivity index (χ4n) is 2.23. The summed E-state index contributed by atoms with van der Waals surface area (Å²) < 4.78 is 66.9.